The van der Waals surface area contributed by atoms with Gasteiger partial charge in [0.1, 0.15) is 0 Å². The third-order valence-electron chi connectivity index (χ3n) is 0.859. The highest BCUT2D eigenvalue weighted by Gasteiger charge is 1.99. The largest absolute Gasteiger partial charge is 0.297 e. The Labute approximate surface area is 65.6 Å². The van der Waals surface area contributed by atoms with Crippen molar-refractivity contribution in [2.24, 2.45) is 0 Å². The average Bonchev–Trinajstić information content (AvgIpc) is 1.78. The van der Waals surface area contributed by atoms with Crippen molar-refractivity contribution in [3.63, 3.8) is 0 Å². The zero-order valence-electron chi connectivity index (χ0n) is 5.51. The molecule has 0 aromatic rings. The molecule has 0 aliphatic rings. The summed E-state index contributed by atoms with van der Waals surface area (Å²) in [6.07, 6.45) is 3.25. The Morgan fingerprint density at radius 2 is 2.20 bits per heavy atom. The maximum absolute atomic E-state index is 10.2. The van der Waals surface area contributed by atoms with Crippen LogP contribution in [-0.2, 0) is 9.24 Å². The first-order valence-electron chi connectivity index (χ1n) is 2.86. The van der Waals surface area contributed by atoms with Crippen LogP contribution in [0, 0.1) is 0 Å². The third-order valence-corrected chi connectivity index (χ3v) is 1.74. The minimum Gasteiger partial charge on any atom is -0.202 e. The molecule has 0 spiro atoms. The number of hydrogen-bond donors (Lipinski definition) is 1. The van der Waals surface area contributed by atoms with Crippen molar-refractivity contribution in [2.45, 2.75) is 12.8 Å². The number of halogens is 1. The van der Waals surface area contributed by atoms with Crippen LogP contribution in [0.2, 0.25) is 0 Å². The number of hydrogen-bond acceptors (Lipinski definition) is 2. The Balaban J connectivity index is 3.29. The van der Waals surface area contributed by atoms with E-state index in [0.29, 0.717) is 6.54 Å². The average molecular weight is 184 g/mol. The molecule has 0 heterocycles. The summed E-state index contributed by atoms with van der Waals surface area (Å²) in [5, 5.41) is 0. The van der Waals surface area contributed by atoms with E-state index in [1.54, 1.807) is 6.08 Å². The summed E-state index contributed by atoms with van der Waals surface area (Å²) in [5.41, 5.74) is 0. The summed E-state index contributed by atoms with van der Waals surface area (Å²) in [4.78, 5) is 0. The first kappa shape index (κ1) is 9.94. The SMILES string of the molecule is C=CCCCNS(=O)(=O)Cl. The predicted octanol–water partition coefficient (Wildman–Crippen LogP) is 1.03. The van der Waals surface area contributed by atoms with Gasteiger partial charge >= 0.3 is 0 Å². The number of allylic oxidation sites excluding steroid dienone is 1. The maximum Gasteiger partial charge on any atom is 0.297 e. The van der Waals surface area contributed by atoms with Crippen LogP contribution in [-0.4, -0.2) is 15.0 Å². The zero-order chi connectivity index (χ0) is 8.04. The lowest BCUT2D eigenvalue weighted by atomic mass is 10.3. The lowest BCUT2D eigenvalue weighted by molar-refractivity contribution is 0.594. The second-order valence-corrected chi connectivity index (χ2v) is 4.15. The van der Waals surface area contributed by atoms with E-state index in [9.17, 15) is 8.42 Å². The van der Waals surface area contributed by atoms with Gasteiger partial charge in [0, 0.05) is 17.2 Å². The van der Waals surface area contributed by atoms with Crippen molar-refractivity contribution in [3.05, 3.63) is 12.7 Å². The quantitative estimate of drug-likeness (QED) is 0.393. The van der Waals surface area contributed by atoms with E-state index in [4.69, 9.17) is 10.7 Å². The minimum absolute atomic E-state index is 0.373. The smallest absolute Gasteiger partial charge is 0.202 e. The molecule has 0 aliphatic heterocycles. The number of unbranched alkanes of at least 4 members (excludes halogenated alkanes) is 1. The Bertz CT molecular complexity index is 188. The Morgan fingerprint density at radius 1 is 1.60 bits per heavy atom. The van der Waals surface area contributed by atoms with Crippen LogP contribution in [0.1, 0.15) is 12.8 Å². The molecular formula is C5H10ClNO2S. The molecule has 0 radical (unpaired) electrons. The Morgan fingerprint density at radius 3 is 2.60 bits per heavy atom. The van der Waals surface area contributed by atoms with Gasteiger partial charge in [-0.25, -0.2) is 4.72 Å². The highest BCUT2D eigenvalue weighted by Crippen LogP contribution is 1.92. The molecule has 60 valence electrons. The molecule has 0 unspecified atom stereocenters. The molecule has 0 aromatic heterocycles. The summed E-state index contributed by atoms with van der Waals surface area (Å²) in [6.45, 7) is 3.86. The summed E-state index contributed by atoms with van der Waals surface area (Å²) in [5.74, 6) is 0. The molecule has 0 fully saturated rings. The van der Waals surface area contributed by atoms with Crippen LogP contribution in [0.25, 0.3) is 0 Å². The van der Waals surface area contributed by atoms with E-state index in [0.717, 1.165) is 12.8 Å². The normalized spacial score (nSPS) is 11.3. The maximum atomic E-state index is 10.2. The summed E-state index contributed by atoms with van der Waals surface area (Å²) in [7, 11) is 1.33. The van der Waals surface area contributed by atoms with Gasteiger partial charge in [0.2, 0.25) is 0 Å². The molecule has 0 saturated heterocycles. The van der Waals surface area contributed by atoms with Gasteiger partial charge in [0.25, 0.3) is 9.24 Å². The fourth-order valence-electron chi connectivity index (χ4n) is 0.440. The zero-order valence-corrected chi connectivity index (χ0v) is 7.08. The Kier molecular flexibility index (Phi) is 4.68. The van der Waals surface area contributed by atoms with Crippen molar-refractivity contribution >= 4 is 19.9 Å². The lowest BCUT2D eigenvalue weighted by Crippen LogP contribution is -2.18. The molecule has 3 nitrogen and oxygen atoms in total. The fraction of sp³-hybridized carbons (Fsp3) is 0.600. The number of rotatable bonds is 5. The predicted molar refractivity (Wildman–Crippen MR) is 42.2 cm³/mol. The molecule has 1 N–H and O–H groups in total. The van der Waals surface area contributed by atoms with Gasteiger partial charge in [0.05, 0.1) is 0 Å². The molecule has 0 amide bonds. The summed E-state index contributed by atoms with van der Waals surface area (Å²) >= 11 is 0. The van der Waals surface area contributed by atoms with Crippen molar-refractivity contribution in [1.29, 1.82) is 0 Å². The van der Waals surface area contributed by atoms with E-state index in [2.05, 4.69) is 11.3 Å². The first-order valence-corrected chi connectivity index (χ1v) is 5.17. The van der Waals surface area contributed by atoms with Crippen molar-refractivity contribution in [3.8, 4) is 0 Å². The third kappa shape index (κ3) is 7.94. The molecular weight excluding hydrogens is 174 g/mol. The van der Waals surface area contributed by atoms with Gasteiger partial charge in [-0.15, -0.1) is 6.58 Å². The van der Waals surface area contributed by atoms with Crippen LogP contribution >= 0.6 is 10.7 Å². The van der Waals surface area contributed by atoms with Gasteiger partial charge in [-0.2, -0.15) is 8.42 Å². The first-order chi connectivity index (χ1) is 4.56. The fourth-order valence-corrected chi connectivity index (χ4v) is 1.06. The second-order valence-electron chi connectivity index (χ2n) is 1.76. The molecule has 0 aromatic carbocycles. The van der Waals surface area contributed by atoms with Crippen molar-refractivity contribution in [2.75, 3.05) is 6.54 Å². The molecule has 10 heavy (non-hydrogen) atoms. The Hall–Kier alpha value is -0.0600. The molecule has 0 atom stereocenters. The van der Waals surface area contributed by atoms with Gasteiger partial charge in [-0.1, -0.05) is 6.08 Å². The lowest BCUT2D eigenvalue weighted by Gasteiger charge is -1.96. The van der Waals surface area contributed by atoms with E-state index in [1.807, 2.05) is 0 Å². The minimum atomic E-state index is -3.52. The van der Waals surface area contributed by atoms with Gasteiger partial charge < -0.3 is 0 Å². The van der Waals surface area contributed by atoms with E-state index in [-0.39, 0.29) is 0 Å². The van der Waals surface area contributed by atoms with E-state index < -0.39 is 9.24 Å². The molecule has 0 saturated carbocycles. The van der Waals surface area contributed by atoms with Crippen molar-refractivity contribution in [1.82, 2.24) is 4.72 Å². The molecule has 5 heteroatoms. The van der Waals surface area contributed by atoms with Gasteiger partial charge in [0.15, 0.2) is 0 Å². The van der Waals surface area contributed by atoms with Crippen LogP contribution in [0.5, 0.6) is 0 Å². The molecule has 0 bridgehead atoms. The second kappa shape index (κ2) is 4.71. The van der Waals surface area contributed by atoms with Crippen LogP contribution < -0.4 is 4.72 Å². The van der Waals surface area contributed by atoms with E-state index >= 15 is 0 Å². The van der Waals surface area contributed by atoms with Gasteiger partial charge in [-0.05, 0) is 12.8 Å². The molecule has 0 aliphatic carbocycles. The highest BCUT2D eigenvalue weighted by molar-refractivity contribution is 8.12. The summed E-state index contributed by atoms with van der Waals surface area (Å²) < 4.78 is 22.6. The van der Waals surface area contributed by atoms with Crippen LogP contribution in [0.3, 0.4) is 0 Å². The standard InChI is InChI=1S/C5H10ClNO2S/c1-2-3-4-5-7-10(6,8)9/h2,7H,1,3-5H2. The van der Waals surface area contributed by atoms with Crippen LogP contribution in [0.4, 0.5) is 0 Å². The molecule has 0 rings (SSSR count). The van der Waals surface area contributed by atoms with E-state index in [1.165, 1.54) is 0 Å². The topological polar surface area (TPSA) is 46.2 Å². The monoisotopic (exact) mass is 183 g/mol. The van der Waals surface area contributed by atoms with Crippen molar-refractivity contribution < 1.29 is 8.42 Å². The number of nitrogens with one attached hydrogen (secondary N) is 1. The van der Waals surface area contributed by atoms with Crippen LogP contribution in [0.15, 0.2) is 12.7 Å². The van der Waals surface area contributed by atoms with Gasteiger partial charge in [-0.3, -0.25) is 0 Å². The highest BCUT2D eigenvalue weighted by atomic mass is 35.7. The summed E-state index contributed by atoms with van der Waals surface area (Å²) in [6, 6.07) is 0.